The van der Waals surface area contributed by atoms with E-state index in [4.69, 9.17) is 5.21 Å². The summed E-state index contributed by atoms with van der Waals surface area (Å²) in [6.07, 6.45) is 4.76. The molecule has 0 aliphatic carbocycles. The average molecular weight is 135 g/mol. The van der Waals surface area contributed by atoms with Crippen LogP contribution in [0.15, 0.2) is 24.7 Å². The van der Waals surface area contributed by atoms with Crippen LogP contribution in [0.1, 0.15) is 0 Å². The molecule has 4 nitrogen and oxygen atoms in total. The maximum atomic E-state index is 8.83. The molecule has 2 heterocycles. The Morgan fingerprint density at radius 2 is 2.30 bits per heavy atom. The van der Waals surface area contributed by atoms with Gasteiger partial charge in [0.25, 0.3) is 0 Å². The second-order valence-electron chi connectivity index (χ2n) is 1.98. The van der Waals surface area contributed by atoms with E-state index in [1.54, 1.807) is 18.5 Å². The largest absolute Gasteiger partial charge is 0.412 e. The molecule has 10 heavy (non-hydrogen) atoms. The van der Waals surface area contributed by atoms with Crippen molar-refractivity contribution in [3.8, 4) is 11.3 Å². The summed E-state index contributed by atoms with van der Waals surface area (Å²) < 4.78 is 0. The Morgan fingerprint density at radius 1 is 1.40 bits per heavy atom. The average Bonchev–Trinajstić information content (AvgIpc) is 2.33. The van der Waals surface area contributed by atoms with Crippen molar-refractivity contribution in [2.45, 2.75) is 0 Å². The van der Waals surface area contributed by atoms with Gasteiger partial charge in [0.2, 0.25) is 0 Å². The maximum absolute atomic E-state index is 8.83. The lowest BCUT2D eigenvalue weighted by molar-refractivity contribution is 0.145. The molecule has 0 radical (unpaired) electrons. The molecular formula is C6H5N3O. The van der Waals surface area contributed by atoms with E-state index in [2.05, 4.69) is 10.1 Å². The van der Waals surface area contributed by atoms with Crippen molar-refractivity contribution in [3.05, 3.63) is 24.7 Å². The first-order chi connectivity index (χ1) is 4.86. The van der Waals surface area contributed by atoms with E-state index in [1.807, 2.05) is 0 Å². The van der Waals surface area contributed by atoms with E-state index >= 15 is 0 Å². The van der Waals surface area contributed by atoms with Gasteiger partial charge in [-0.25, -0.2) is 0 Å². The molecule has 0 aromatic heterocycles. The maximum Gasteiger partial charge on any atom is 0.114 e. The second-order valence-corrected chi connectivity index (χ2v) is 1.98. The van der Waals surface area contributed by atoms with Gasteiger partial charge in [0, 0.05) is 11.8 Å². The predicted octanol–water partition coefficient (Wildman–Crippen LogP) is 0.620. The van der Waals surface area contributed by atoms with Crippen molar-refractivity contribution >= 4 is 0 Å². The minimum atomic E-state index is 0.699. The molecule has 0 aromatic carbocycles. The first-order valence-corrected chi connectivity index (χ1v) is 2.85. The van der Waals surface area contributed by atoms with Crippen LogP contribution < -0.4 is 0 Å². The molecule has 2 aliphatic rings. The summed E-state index contributed by atoms with van der Waals surface area (Å²) >= 11 is 0. The zero-order valence-corrected chi connectivity index (χ0v) is 5.10. The summed E-state index contributed by atoms with van der Waals surface area (Å²) in [5.74, 6) is 0. The number of hydrogen-bond acceptors (Lipinski definition) is 3. The highest BCUT2D eigenvalue weighted by Crippen LogP contribution is 2.15. The first kappa shape index (κ1) is 5.22. The highest BCUT2D eigenvalue weighted by atomic mass is 16.5. The molecule has 0 fully saturated rings. The van der Waals surface area contributed by atoms with Crippen LogP contribution in [0, 0.1) is 0 Å². The van der Waals surface area contributed by atoms with Gasteiger partial charge in [-0.3, -0.25) is 4.98 Å². The monoisotopic (exact) mass is 135 g/mol. The van der Waals surface area contributed by atoms with Gasteiger partial charge in [-0.15, -0.1) is 9.94 Å². The van der Waals surface area contributed by atoms with Crippen LogP contribution in [0.2, 0.25) is 0 Å². The highest BCUT2D eigenvalue weighted by molar-refractivity contribution is 5.57. The molecule has 0 spiro atoms. The van der Waals surface area contributed by atoms with E-state index in [0.29, 0.717) is 5.69 Å². The van der Waals surface area contributed by atoms with E-state index in [-0.39, 0.29) is 0 Å². The van der Waals surface area contributed by atoms with Gasteiger partial charge >= 0.3 is 0 Å². The lowest BCUT2D eigenvalue weighted by Gasteiger charge is -1.96. The van der Waals surface area contributed by atoms with Crippen LogP contribution in [0.4, 0.5) is 0 Å². The molecule has 2 rings (SSSR count). The molecule has 0 aromatic rings. The molecule has 4 heteroatoms. The van der Waals surface area contributed by atoms with E-state index in [9.17, 15) is 0 Å². The number of aromatic nitrogens is 3. The standard InChI is InChI=1S/C6H5N3O/c10-9-2-1-5-3-7-4-6(5)8-9/h1-4,10H. The molecule has 0 saturated heterocycles. The number of fused-ring (bicyclic) bond motifs is 1. The van der Waals surface area contributed by atoms with Gasteiger partial charge in [-0.2, -0.15) is 0 Å². The molecule has 0 atom stereocenters. The van der Waals surface area contributed by atoms with Gasteiger partial charge in [-0.05, 0) is 6.07 Å². The number of rotatable bonds is 0. The topological polar surface area (TPSA) is 50.9 Å². The Hall–Kier alpha value is -1.58. The van der Waals surface area contributed by atoms with Crippen LogP contribution in [0.25, 0.3) is 11.3 Å². The predicted molar refractivity (Wildman–Crippen MR) is 33.8 cm³/mol. The third-order valence-electron chi connectivity index (χ3n) is 1.30. The molecule has 0 amide bonds. The molecular weight excluding hydrogens is 130 g/mol. The van der Waals surface area contributed by atoms with Crippen molar-refractivity contribution in [2.75, 3.05) is 0 Å². The lowest BCUT2D eigenvalue weighted by atomic mass is 10.3. The Bertz CT molecular complexity index is 317. The van der Waals surface area contributed by atoms with Gasteiger partial charge in [0.05, 0.1) is 12.4 Å². The van der Waals surface area contributed by atoms with Crippen molar-refractivity contribution in [3.63, 3.8) is 0 Å². The van der Waals surface area contributed by atoms with Gasteiger partial charge < -0.3 is 5.21 Å². The Morgan fingerprint density at radius 3 is 3.20 bits per heavy atom. The van der Waals surface area contributed by atoms with Crippen molar-refractivity contribution in [2.24, 2.45) is 0 Å². The fraction of sp³-hybridized carbons (Fsp3) is 0. The number of hydrogen-bond donors (Lipinski definition) is 1. The third kappa shape index (κ3) is 0.621. The van der Waals surface area contributed by atoms with E-state index < -0.39 is 0 Å². The van der Waals surface area contributed by atoms with E-state index in [1.165, 1.54) is 6.20 Å². The second kappa shape index (κ2) is 1.70. The SMILES string of the molecule is On1ccc2cncc-2n1. The van der Waals surface area contributed by atoms with Crippen LogP contribution in [0.5, 0.6) is 0 Å². The Kier molecular flexibility index (Phi) is 0.887. The molecule has 1 N–H and O–H groups in total. The third-order valence-corrected chi connectivity index (χ3v) is 1.30. The summed E-state index contributed by atoms with van der Waals surface area (Å²) in [5.41, 5.74) is 1.63. The Balaban J connectivity index is 2.75. The summed E-state index contributed by atoms with van der Waals surface area (Å²) in [4.78, 5) is 4.62. The van der Waals surface area contributed by atoms with Gasteiger partial charge in [0.1, 0.15) is 5.69 Å². The van der Waals surface area contributed by atoms with Crippen LogP contribution in [0.3, 0.4) is 0 Å². The Labute approximate surface area is 57.0 Å². The highest BCUT2D eigenvalue weighted by Gasteiger charge is 2.02. The van der Waals surface area contributed by atoms with Crippen molar-refractivity contribution in [1.29, 1.82) is 0 Å². The summed E-state index contributed by atoms with van der Waals surface area (Å²) in [6.45, 7) is 0. The molecule has 2 aliphatic heterocycles. The minimum absolute atomic E-state index is 0.699. The quantitative estimate of drug-likeness (QED) is 0.539. The van der Waals surface area contributed by atoms with Crippen LogP contribution in [-0.4, -0.2) is 20.1 Å². The first-order valence-electron chi connectivity index (χ1n) is 2.85. The van der Waals surface area contributed by atoms with Gasteiger partial charge in [0.15, 0.2) is 0 Å². The lowest BCUT2D eigenvalue weighted by Crippen LogP contribution is -1.97. The zero-order valence-electron chi connectivity index (χ0n) is 5.10. The van der Waals surface area contributed by atoms with Crippen LogP contribution in [-0.2, 0) is 0 Å². The van der Waals surface area contributed by atoms with Crippen molar-refractivity contribution < 1.29 is 5.21 Å². The number of nitrogens with zero attached hydrogens (tertiary/aromatic N) is 3. The van der Waals surface area contributed by atoms with Gasteiger partial charge in [-0.1, -0.05) is 0 Å². The van der Waals surface area contributed by atoms with Crippen LogP contribution >= 0.6 is 0 Å². The van der Waals surface area contributed by atoms with E-state index in [0.717, 1.165) is 10.4 Å². The summed E-state index contributed by atoms with van der Waals surface area (Å²) in [7, 11) is 0. The smallest absolute Gasteiger partial charge is 0.114 e. The minimum Gasteiger partial charge on any atom is -0.412 e. The zero-order chi connectivity index (χ0) is 6.97. The molecule has 0 saturated carbocycles. The fourth-order valence-electron chi connectivity index (χ4n) is 0.831. The molecule has 0 bridgehead atoms. The summed E-state index contributed by atoms with van der Waals surface area (Å²) in [6, 6.07) is 1.75. The normalized spacial score (nSPS) is 10.4. The molecule has 50 valence electrons. The van der Waals surface area contributed by atoms with Crippen molar-refractivity contribution in [1.82, 2.24) is 14.9 Å². The summed E-state index contributed by atoms with van der Waals surface area (Å²) in [5, 5.41) is 12.6. The fourth-order valence-corrected chi connectivity index (χ4v) is 0.831. The molecule has 0 unspecified atom stereocenters.